The van der Waals surface area contributed by atoms with Gasteiger partial charge in [-0.1, -0.05) is 29.0 Å². The fourth-order valence-electron chi connectivity index (χ4n) is 3.95. The van der Waals surface area contributed by atoms with Crippen LogP contribution in [0.2, 0.25) is 0 Å². The summed E-state index contributed by atoms with van der Waals surface area (Å²) in [4.78, 5) is 15.1. The second-order valence-corrected chi connectivity index (χ2v) is 8.85. The summed E-state index contributed by atoms with van der Waals surface area (Å²) in [6, 6.07) is 10.3. The fraction of sp³-hybridized carbons (Fsp3) is 0.409. The summed E-state index contributed by atoms with van der Waals surface area (Å²) in [6.45, 7) is 9.82. The molecule has 1 fully saturated rings. The summed E-state index contributed by atoms with van der Waals surface area (Å²) in [5.74, 6) is 0.0374. The molecular weight excluding hydrogens is 382 g/mol. The molecule has 2 aromatic heterocycles. The van der Waals surface area contributed by atoms with E-state index in [4.69, 9.17) is 0 Å². The number of anilines is 2. The molecule has 29 heavy (non-hydrogen) atoms. The number of piperidine rings is 1. The normalized spacial score (nSPS) is 16.8. The molecule has 3 aromatic rings. The standard InChI is InChI=1S/C22H27N5OS/c1-14-7-10-19(15(2)12-14)23-20(28)18-6-5-11-26(13-18)21-24-25-22(29-21)27-16(3)8-9-17(27)4/h7-10,12,18H,5-6,11,13H2,1-4H3,(H,23,28)/t18-/m1/s1. The molecule has 0 radical (unpaired) electrons. The summed E-state index contributed by atoms with van der Waals surface area (Å²) >= 11 is 1.58. The highest BCUT2D eigenvalue weighted by Crippen LogP contribution is 2.30. The first-order valence-electron chi connectivity index (χ1n) is 10.0. The molecule has 6 nitrogen and oxygen atoms in total. The Bertz CT molecular complexity index is 1020. The van der Waals surface area contributed by atoms with Gasteiger partial charge in [0.05, 0.1) is 5.92 Å². The minimum atomic E-state index is -0.0492. The zero-order valence-electron chi connectivity index (χ0n) is 17.4. The summed E-state index contributed by atoms with van der Waals surface area (Å²) in [7, 11) is 0. The van der Waals surface area contributed by atoms with Gasteiger partial charge in [0, 0.05) is 30.2 Å². The van der Waals surface area contributed by atoms with Crippen LogP contribution in [0.25, 0.3) is 5.13 Å². The molecular formula is C22H27N5OS. The smallest absolute Gasteiger partial charge is 0.229 e. The van der Waals surface area contributed by atoms with E-state index in [1.807, 2.05) is 19.1 Å². The molecule has 0 bridgehead atoms. The average Bonchev–Trinajstić information content (AvgIpc) is 3.30. The number of rotatable bonds is 4. The Morgan fingerprint density at radius 3 is 2.52 bits per heavy atom. The predicted octanol–water partition coefficient (Wildman–Crippen LogP) is 4.42. The van der Waals surface area contributed by atoms with Crippen molar-refractivity contribution in [2.24, 2.45) is 5.92 Å². The van der Waals surface area contributed by atoms with Crippen molar-refractivity contribution in [2.75, 3.05) is 23.3 Å². The van der Waals surface area contributed by atoms with Gasteiger partial charge in [-0.15, -0.1) is 10.2 Å². The van der Waals surface area contributed by atoms with E-state index >= 15 is 0 Å². The van der Waals surface area contributed by atoms with E-state index in [-0.39, 0.29) is 11.8 Å². The molecule has 152 valence electrons. The van der Waals surface area contributed by atoms with Gasteiger partial charge in [-0.05, 0) is 64.3 Å². The first-order valence-corrected chi connectivity index (χ1v) is 10.9. The second kappa shape index (κ2) is 7.99. The maximum Gasteiger partial charge on any atom is 0.229 e. The lowest BCUT2D eigenvalue weighted by Crippen LogP contribution is -2.40. The molecule has 1 atom stereocenters. The molecule has 3 heterocycles. The molecule has 0 aliphatic carbocycles. The van der Waals surface area contributed by atoms with Crippen LogP contribution in [0.15, 0.2) is 30.3 Å². The van der Waals surface area contributed by atoms with Crippen LogP contribution in [0.4, 0.5) is 10.8 Å². The molecule has 0 saturated carbocycles. The molecule has 1 aromatic carbocycles. The number of benzene rings is 1. The molecule has 0 spiro atoms. The Morgan fingerprint density at radius 1 is 1.07 bits per heavy atom. The van der Waals surface area contributed by atoms with Gasteiger partial charge in [-0.25, -0.2) is 0 Å². The number of carbonyl (C=O) groups excluding carboxylic acids is 1. The third-order valence-corrected chi connectivity index (χ3v) is 6.54. The minimum absolute atomic E-state index is 0.0492. The summed E-state index contributed by atoms with van der Waals surface area (Å²) < 4.78 is 2.12. The zero-order valence-corrected chi connectivity index (χ0v) is 18.2. The fourth-order valence-corrected chi connectivity index (χ4v) is 4.95. The average molecular weight is 410 g/mol. The Kier molecular flexibility index (Phi) is 5.41. The van der Waals surface area contributed by atoms with Crippen molar-refractivity contribution >= 4 is 28.1 Å². The van der Waals surface area contributed by atoms with Crippen LogP contribution in [0.3, 0.4) is 0 Å². The Hall–Kier alpha value is -2.67. The third-order valence-electron chi connectivity index (χ3n) is 5.57. The van der Waals surface area contributed by atoms with Gasteiger partial charge in [-0.2, -0.15) is 0 Å². The molecule has 7 heteroatoms. The highest BCUT2D eigenvalue weighted by molar-refractivity contribution is 7.17. The number of nitrogens with one attached hydrogen (secondary N) is 1. The minimum Gasteiger partial charge on any atom is -0.346 e. The molecule has 1 amide bonds. The van der Waals surface area contributed by atoms with Crippen molar-refractivity contribution < 1.29 is 4.79 Å². The Balaban J connectivity index is 1.46. The van der Waals surface area contributed by atoms with E-state index < -0.39 is 0 Å². The zero-order chi connectivity index (χ0) is 20.5. The van der Waals surface area contributed by atoms with Crippen molar-refractivity contribution in [3.63, 3.8) is 0 Å². The first kappa shape index (κ1) is 19.6. The lowest BCUT2D eigenvalue weighted by Gasteiger charge is -2.31. The van der Waals surface area contributed by atoms with E-state index in [0.29, 0.717) is 6.54 Å². The highest BCUT2D eigenvalue weighted by atomic mass is 32.1. The van der Waals surface area contributed by atoms with Gasteiger partial charge in [0.1, 0.15) is 0 Å². The van der Waals surface area contributed by atoms with E-state index in [9.17, 15) is 4.79 Å². The second-order valence-electron chi connectivity index (χ2n) is 7.91. The SMILES string of the molecule is Cc1ccc(NC(=O)[C@@H]2CCCN(c3nnc(-n4c(C)ccc4C)s3)C2)c(C)c1. The summed E-state index contributed by atoms with van der Waals surface area (Å²) in [6.07, 6.45) is 1.87. The van der Waals surface area contributed by atoms with Crippen molar-refractivity contribution in [1.82, 2.24) is 14.8 Å². The highest BCUT2D eigenvalue weighted by Gasteiger charge is 2.28. The molecule has 1 aliphatic heterocycles. The van der Waals surface area contributed by atoms with Crippen molar-refractivity contribution in [1.29, 1.82) is 0 Å². The van der Waals surface area contributed by atoms with Crippen molar-refractivity contribution in [3.05, 3.63) is 52.8 Å². The van der Waals surface area contributed by atoms with Gasteiger partial charge in [-0.3, -0.25) is 9.36 Å². The van der Waals surface area contributed by atoms with Crippen LogP contribution < -0.4 is 10.2 Å². The summed E-state index contributed by atoms with van der Waals surface area (Å²) in [5.41, 5.74) is 5.49. The lowest BCUT2D eigenvalue weighted by molar-refractivity contribution is -0.120. The van der Waals surface area contributed by atoms with Crippen LogP contribution in [0, 0.1) is 33.6 Å². The topological polar surface area (TPSA) is 63.1 Å². The number of carbonyl (C=O) groups is 1. The summed E-state index contributed by atoms with van der Waals surface area (Å²) in [5, 5.41) is 13.7. The molecule has 1 aliphatic rings. The van der Waals surface area contributed by atoms with Crippen LogP contribution in [-0.2, 0) is 4.79 Å². The monoisotopic (exact) mass is 409 g/mol. The Labute approximate surface area is 175 Å². The number of hydrogen-bond donors (Lipinski definition) is 1. The van der Waals surface area contributed by atoms with Crippen LogP contribution in [0.5, 0.6) is 0 Å². The first-order chi connectivity index (χ1) is 13.9. The van der Waals surface area contributed by atoms with Gasteiger partial charge in [0.25, 0.3) is 0 Å². The molecule has 1 N–H and O–H groups in total. The number of nitrogens with zero attached hydrogens (tertiary/aromatic N) is 4. The lowest BCUT2D eigenvalue weighted by atomic mass is 9.97. The maximum absolute atomic E-state index is 12.9. The van der Waals surface area contributed by atoms with Gasteiger partial charge in [0.15, 0.2) is 0 Å². The quantitative estimate of drug-likeness (QED) is 0.693. The molecule has 0 unspecified atom stereocenters. The van der Waals surface area contributed by atoms with Crippen LogP contribution >= 0.6 is 11.3 Å². The van der Waals surface area contributed by atoms with E-state index in [1.54, 1.807) is 11.3 Å². The van der Waals surface area contributed by atoms with Gasteiger partial charge in [0.2, 0.25) is 16.2 Å². The molecule has 4 rings (SSSR count). The largest absolute Gasteiger partial charge is 0.346 e. The number of aromatic nitrogens is 3. The van der Waals surface area contributed by atoms with Crippen LogP contribution in [-0.4, -0.2) is 33.8 Å². The van der Waals surface area contributed by atoms with Crippen molar-refractivity contribution in [2.45, 2.75) is 40.5 Å². The van der Waals surface area contributed by atoms with Gasteiger partial charge < -0.3 is 10.2 Å². The van der Waals surface area contributed by atoms with Crippen molar-refractivity contribution in [3.8, 4) is 5.13 Å². The van der Waals surface area contributed by atoms with E-state index in [1.165, 1.54) is 5.56 Å². The Morgan fingerprint density at radius 2 is 1.79 bits per heavy atom. The number of aryl methyl sites for hydroxylation is 4. The van der Waals surface area contributed by atoms with E-state index in [2.05, 4.69) is 64.0 Å². The third kappa shape index (κ3) is 4.05. The van der Waals surface area contributed by atoms with Crippen LogP contribution in [0.1, 0.15) is 35.4 Å². The predicted molar refractivity (Wildman–Crippen MR) is 118 cm³/mol. The van der Waals surface area contributed by atoms with Gasteiger partial charge >= 0.3 is 0 Å². The van der Waals surface area contributed by atoms with E-state index in [0.717, 1.165) is 52.3 Å². The number of hydrogen-bond acceptors (Lipinski definition) is 5. The number of amides is 1. The molecule has 1 saturated heterocycles. The maximum atomic E-state index is 12.9.